The number of hydrogen-bond donors (Lipinski definition) is 1. The first kappa shape index (κ1) is 17.2. The van der Waals surface area contributed by atoms with Gasteiger partial charge in [0.1, 0.15) is 11.6 Å². The molecule has 0 bridgehead atoms. The molecule has 1 aromatic heterocycles. The molecule has 5 nitrogen and oxygen atoms in total. The van der Waals surface area contributed by atoms with Crippen LogP contribution in [-0.4, -0.2) is 9.78 Å². The lowest BCUT2D eigenvalue weighted by Gasteiger charge is -2.25. The van der Waals surface area contributed by atoms with Crippen LogP contribution in [0.25, 0.3) is 5.69 Å². The van der Waals surface area contributed by atoms with Crippen LogP contribution in [0.2, 0.25) is 5.02 Å². The van der Waals surface area contributed by atoms with E-state index in [-0.39, 0.29) is 5.88 Å². The zero-order valence-electron chi connectivity index (χ0n) is 14.9. The van der Waals surface area contributed by atoms with E-state index in [1.54, 1.807) is 10.7 Å². The summed E-state index contributed by atoms with van der Waals surface area (Å²) in [4.78, 5) is 0. The van der Waals surface area contributed by atoms with Crippen molar-refractivity contribution < 1.29 is 4.74 Å². The van der Waals surface area contributed by atoms with E-state index in [4.69, 9.17) is 22.1 Å². The molecule has 2 aromatic carbocycles. The lowest BCUT2D eigenvalue weighted by Crippen LogP contribution is -2.22. The van der Waals surface area contributed by atoms with E-state index in [9.17, 15) is 5.26 Å². The summed E-state index contributed by atoms with van der Waals surface area (Å²) < 4.78 is 7.57. The van der Waals surface area contributed by atoms with Crippen molar-refractivity contribution in [3.8, 4) is 17.6 Å². The van der Waals surface area contributed by atoms with Gasteiger partial charge in [-0.15, -0.1) is 0 Å². The van der Waals surface area contributed by atoms with Crippen LogP contribution in [0, 0.1) is 25.2 Å². The number of allylic oxidation sites excluding steroid dienone is 1. The molecule has 0 saturated heterocycles. The molecule has 6 heteroatoms. The van der Waals surface area contributed by atoms with Gasteiger partial charge in [-0.2, -0.15) is 10.4 Å². The molecule has 1 aliphatic rings. The maximum Gasteiger partial charge on any atom is 0.229 e. The highest BCUT2D eigenvalue weighted by Gasteiger charge is 2.36. The van der Waals surface area contributed by atoms with Gasteiger partial charge in [0, 0.05) is 5.02 Å². The van der Waals surface area contributed by atoms with Gasteiger partial charge < -0.3 is 10.5 Å². The number of halogens is 1. The summed E-state index contributed by atoms with van der Waals surface area (Å²) in [5, 5.41) is 14.9. The van der Waals surface area contributed by atoms with Crippen LogP contribution >= 0.6 is 11.6 Å². The summed E-state index contributed by atoms with van der Waals surface area (Å²) >= 11 is 6.45. The second-order valence-corrected chi connectivity index (χ2v) is 6.91. The molecule has 1 atom stereocenters. The number of fused-ring (bicyclic) bond motifs is 1. The van der Waals surface area contributed by atoms with Crippen molar-refractivity contribution in [1.29, 1.82) is 5.26 Å². The van der Waals surface area contributed by atoms with Crippen molar-refractivity contribution in [2.45, 2.75) is 19.8 Å². The normalized spacial score (nSPS) is 15.9. The molecule has 0 radical (unpaired) electrons. The second-order valence-electron chi connectivity index (χ2n) is 6.50. The predicted molar refractivity (Wildman–Crippen MR) is 104 cm³/mol. The molecule has 3 aromatic rings. The molecule has 1 unspecified atom stereocenters. The Morgan fingerprint density at radius 1 is 1.15 bits per heavy atom. The number of rotatable bonds is 2. The SMILES string of the molecule is Cc1ccc(-n2nc(C)c3c2OC(N)=C(C#N)C3c2ccccc2Cl)cc1. The minimum absolute atomic E-state index is 0.0724. The predicted octanol–water partition coefficient (Wildman–Crippen LogP) is 4.36. The zero-order chi connectivity index (χ0) is 19.1. The van der Waals surface area contributed by atoms with E-state index in [0.29, 0.717) is 16.5 Å². The number of aryl methyl sites for hydroxylation is 2. The van der Waals surface area contributed by atoms with Crippen LogP contribution in [0.5, 0.6) is 5.88 Å². The number of hydrogen-bond acceptors (Lipinski definition) is 4. The van der Waals surface area contributed by atoms with Crippen molar-refractivity contribution in [3.05, 3.63) is 87.4 Å². The topological polar surface area (TPSA) is 76.9 Å². The smallest absolute Gasteiger partial charge is 0.229 e. The molecule has 1 aliphatic heterocycles. The Bertz CT molecular complexity index is 1110. The third-order valence-electron chi connectivity index (χ3n) is 4.73. The molecule has 2 heterocycles. The average molecular weight is 377 g/mol. The first-order valence-corrected chi connectivity index (χ1v) is 8.87. The van der Waals surface area contributed by atoms with Gasteiger partial charge in [0.25, 0.3) is 0 Å². The number of ether oxygens (including phenoxy) is 1. The molecule has 0 spiro atoms. The van der Waals surface area contributed by atoms with Crippen molar-refractivity contribution in [2.75, 3.05) is 0 Å². The average Bonchev–Trinajstić information content (AvgIpc) is 2.98. The molecule has 0 amide bonds. The lowest BCUT2D eigenvalue weighted by molar-refractivity contribution is 0.367. The van der Waals surface area contributed by atoms with Gasteiger partial charge in [0.05, 0.1) is 22.9 Å². The summed E-state index contributed by atoms with van der Waals surface area (Å²) in [7, 11) is 0. The number of nitrogens with two attached hydrogens (primary N) is 1. The quantitative estimate of drug-likeness (QED) is 0.720. The maximum atomic E-state index is 9.72. The highest BCUT2D eigenvalue weighted by atomic mass is 35.5. The van der Waals surface area contributed by atoms with E-state index in [1.165, 1.54) is 0 Å². The molecule has 0 aliphatic carbocycles. The van der Waals surface area contributed by atoms with Crippen molar-refractivity contribution in [1.82, 2.24) is 9.78 Å². The molecule has 4 rings (SSSR count). The highest BCUT2D eigenvalue weighted by Crippen LogP contribution is 2.46. The fourth-order valence-corrected chi connectivity index (χ4v) is 3.64. The Labute approximate surface area is 162 Å². The van der Waals surface area contributed by atoms with Crippen LogP contribution in [0.15, 0.2) is 60.0 Å². The van der Waals surface area contributed by atoms with E-state index in [2.05, 4.69) is 11.2 Å². The fraction of sp³-hybridized carbons (Fsp3) is 0.143. The summed E-state index contributed by atoms with van der Waals surface area (Å²) in [5.74, 6) is 0.160. The lowest BCUT2D eigenvalue weighted by atomic mass is 9.84. The summed E-state index contributed by atoms with van der Waals surface area (Å²) in [6.07, 6.45) is 0. The Morgan fingerprint density at radius 3 is 2.52 bits per heavy atom. The van der Waals surface area contributed by atoms with Gasteiger partial charge in [-0.3, -0.25) is 0 Å². The number of aromatic nitrogens is 2. The van der Waals surface area contributed by atoms with E-state index < -0.39 is 5.92 Å². The van der Waals surface area contributed by atoms with Crippen molar-refractivity contribution >= 4 is 11.6 Å². The van der Waals surface area contributed by atoms with Gasteiger partial charge in [-0.05, 0) is 37.6 Å². The Kier molecular flexibility index (Phi) is 4.14. The third kappa shape index (κ3) is 2.75. The van der Waals surface area contributed by atoms with E-state index >= 15 is 0 Å². The molecule has 134 valence electrons. The first-order valence-electron chi connectivity index (χ1n) is 8.50. The summed E-state index contributed by atoms with van der Waals surface area (Å²) in [6.45, 7) is 3.92. The maximum absolute atomic E-state index is 9.72. The van der Waals surface area contributed by atoms with Gasteiger partial charge in [-0.1, -0.05) is 47.5 Å². The van der Waals surface area contributed by atoms with Gasteiger partial charge in [0.2, 0.25) is 11.8 Å². The molecular formula is C21H17ClN4O. The fourth-order valence-electron chi connectivity index (χ4n) is 3.40. The van der Waals surface area contributed by atoms with Crippen LogP contribution in [-0.2, 0) is 0 Å². The van der Waals surface area contributed by atoms with Gasteiger partial charge in [-0.25, -0.2) is 4.68 Å². The number of nitrogens with zero attached hydrogens (tertiary/aromatic N) is 3. The van der Waals surface area contributed by atoms with Crippen molar-refractivity contribution in [2.24, 2.45) is 5.73 Å². The monoisotopic (exact) mass is 376 g/mol. The van der Waals surface area contributed by atoms with Gasteiger partial charge >= 0.3 is 0 Å². The first-order chi connectivity index (χ1) is 13.0. The van der Waals surface area contributed by atoms with E-state index in [1.807, 2.05) is 56.3 Å². The van der Waals surface area contributed by atoms with Crippen LogP contribution in [0.3, 0.4) is 0 Å². The van der Waals surface area contributed by atoms with Crippen LogP contribution in [0.1, 0.15) is 28.3 Å². The molecule has 2 N–H and O–H groups in total. The molecular weight excluding hydrogens is 360 g/mol. The minimum Gasteiger partial charge on any atom is -0.422 e. The number of nitriles is 1. The second kappa shape index (κ2) is 6.49. The number of benzene rings is 2. The minimum atomic E-state index is -0.424. The van der Waals surface area contributed by atoms with Crippen LogP contribution < -0.4 is 10.5 Å². The molecule has 0 saturated carbocycles. The van der Waals surface area contributed by atoms with E-state index in [0.717, 1.165) is 28.1 Å². The van der Waals surface area contributed by atoms with Gasteiger partial charge in [0.15, 0.2) is 0 Å². The Morgan fingerprint density at radius 2 is 1.85 bits per heavy atom. The highest BCUT2D eigenvalue weighted by molar-refractivity contribution is 6.31. The Hall–Kier alpha value is -3.23. The molecule has 27 heavy (non-hydrogen) atoms. The largest absolute Gasteiger partial charge is 0.422 e. The standard InChI is InChI=1S/C21H17ClN4O/c1-12-7-9-14(10-8-12)26-21-18(13(2)25-26)19(16(11-23)20(24)27-21)15-5-3-4-6-17(15)22/h3-10,19H,24H2,1-2H3. The van der Waals surface area contributed by atoms with Crippen LogP contribution in [0.4, 0.5) is 0 Å². The summed E-state index contributed by atoms with van der Waals surface area (Å²) in [6, 6.07) is 17.6. The third-order valence-corrected chi connectivity index (χ3v) is 5.07. The van der Waals surface area contributed by atoms with Crippen molar-refractivity contribution in [3.63, 3.8) is 0 Å². The Balaban J connectivity index is 1.97. The summed E-state index contributed by atoms with van der Waals surface area (Å²) in [5.41, 5.74) is 10.8. The zero-order valence-corrected chi connectivity index (χ0v) is 15.7. The molecule has 0 fully saturated rings.